The number of hydrogen-bond acceptors (Lipinski definition) is 4. The Kier molecular flexibility index (Phi) is 4.46. The van der Waals surface area contributed by atoms with Gasteiger partial charge in [0.25, 0.3) is 0 Å². The van der Waals surface area contributed by atoms with Crippen LogP contribution in [0.25, 0.3) is 0 Å². The molecule has 0 bridgehead atoms. The van der Waals surface area contributed by atoms with E-state index in [2.05, 4.69) is 55.7 Å². The molecule has 1 atom stereocenters. The van der Waals surface area contributed by atoms with Gasteiger partial charge in [-0.1, -0.05) is 6.07 Å². The number of rotatable bonds is 4. The van der Waals surface area contributed by atoms with Crippen molar-refractivity contribution in [1.82, 2.24) is 19.5 Å². The van der Waals surface area contributed by atoms with Crippen LogP contribution in [-0.4, -0.2) is 32.6 Å². The van der Waals surface area contributed by atoms with Gasteiger partial charge in [0, 0.05) is 56.5 Å². The summed E-state index contributed by atoms with van der Waals surface area (Å²) in [5.41, 5.74) is 2.49. The van der Waals surface area contributed by atoms with Gasteiger partial charge in [0.05, 0.1) is 0 Å². The molecule has 3 aromatic rings. The third-order valence-corrected chi connectivity index (χ3v) is 4.92. The SMILES string of the molecule is Cc1cccnc1N1CCC[C@@H](c2nccn2Cc2ccncc2)C1. The normalized spacial score (nSPS) is 17.6. The van der Waals surface area contributed by atoms with E-state index in [0.717, 1.165) is 25.5 Å². The van der Waals surface area contributed by atoms with E-state index in [4.69, 9.17) is 0 Å². The highest BCUT2D eigenvalue weighted by atomic mass is 15.2. The number of pyridine rings is 2. The maximum Gasteiger partial charge on any atom is 0.131 e. The molecule has 1 saturated heterocycles. The van der Waals surface area contributed by atoms with Crippen molar-refractivity contribution in [1.29, 1.82) is 0 Å². The number of piperidine rings is 1. The second kappa shape index (κ2) is 7.05. The fourth-order valence-corrected chi connectivity index (χ4v) is 3.69. The zero-order chi connectivity index (χ0) is 17.1. The molecule has 0 aromatic carbocycles. The Balaban J connectivity index is 1.54. The zero-order valence-electron chi connectivity index (χ0n) is 14.5. The predicted molar refractivity (Wildman–Crippen MR) is 98.7 cm³/mol. The average Bonchev–Trinajstić information content (AvgIpc) is 3.11. The molecule has 5 nitrogen and oxygen atoms in total. The molecule has 0 radical (unpaired) electrons. The molecule has 3 aromatic heterocycles. The van der Waals surface area contributed by atoms with E-state index in [1.807, 2.05) is 30.9 Å². The van der Waals surface area contributed by atoms with Crippen LogP contribution < -0.4 is 4.90 Å². The van der Waals surface area contributed by atoms with Crippen LogP contribution in [0.3, 0.4) is 0 Å². The molecular weight excluding hydrogens is 310 g/mol. The van der Waals surface area contributed by atoms with Gasteiger partial charge in [-0.2, -0.15) is 0 Å². The minimum atomic E-state index is 0.437. The maximum absolute atomic E-state index is 4.69. The van der Waals surface area contributed by atoms with Crippen molar-refractivity contribution in [3.63, 3.8) is 0 Å². The summed E-state index contributed by atoms with van der Waals surface area (Å²) in [4.78, 5) is 15.8. The molecule has 0 saturated carbocycles. The molecule has 5 heteroatoms. The molecule has 0 unspecified atom stereocenters. The van der Waals surface area contributed by atoms with Gasteiger partial charge in [-0.05, 0) is 49.1 Å². The van der Waals surface area contributed by atoms with Crippen LogP contribution in [0.1, 0.15) is 35.7 Å². The first-order valence-electron chi connectivity index (χ1n) is 8.88. The second-order valence-corrected chi connectivity index (χ2v) is 6.70. The van der Waals surface area contributed by atoms with Gasteiger partial charge in [-0.15, -0.1) is 0 Å². The highest BCUT2D eigenvalue weighted by Crippen LogP contribution is 2.29. The maximum atomic E-state index is 4.69. The van der Waals surface area contributed by atoms with Crippen molar-refractivity contribution >= 4 is 5.82 Å². The Morgan fingerprint density at radius 2 is 1.96 bits per heavy atom. The quantitative estimate of drug-likeness (QED) is 0.734. The molecule has 0 N–H and O–H groups in total. The molecule has 1 aliphatic heterocycles. The largest absolute Gasteiger partial charge is 0.356 e. The van der Waals surface area contributed by atoms with E-state index in [9.17, 15) is 0 Å². The first kappa shape index (κ1) is 15.8. The summed E-state index contributed by atoms with van der Waals surface area (Å²) in [7, 11) is 0. The summed E-state index contributed by atoms with van der Waals surface area (Å²) >= 11 is 0. The van der Waals surface area contributed by atoms with Crippen molar-refractivity contribution in [2.75, 3.05) is 18.0 Å². The van der Waals surface area contributed by atoms with Gasteiger partial charge < -0.3 is 9.47 Å². The third kappa shape index (κ3) is 3.40. The van der Waals surface area contributed by atoms with Gasteiger partial charge >= 0.3 is 0 Å². The van der Waals surface area contributed by atoms with E-state index < -0.39 is 0 Å². The first-order chi connectivity index (χ1) is 12.3. The molecule has 25 heavy (non-hydrogen) atoms. The lowest BCUT2D eigenvalue weighted by atomic mass is 9.96. The zero-order valence-corrected chi connectivity index (χ0v) is 14.5. The van der Waals surface area contributed by atoms with E-state index in [0.29, 0.717) is 5.92 Å². The highest BCUT2D eigenvalue weighted by molar-refractivity contribution is 5.46. The minimum Gasteiger partial charge on any atom is -0.356 e. The number of imidazole rings is 1. The number of aromatic nitrogens is 4. The third-order valence-electron chi connectivity index (χ3n) is 4.92. The van der Waals surface area contributed by atoms with Crippen molar-refractivity contribution in [3.8, 4) is 0 Å². The van der Waals surface area contributed by atoms with Gasteiger partial charge in [-0.3, -0.25) is 4.98 Å². The van der Waals surface area contributed by atoms with Gasteiger partial charge in [-0.25, -0.2) is 9.97 Å². The van der Waals surface area contributed by atoms with E-state index in [1.165, 1.54) is 29.8 Å². The van der Waals surface area contributed by atoms with Crippen molar-refractivity contribution in [3.05, 3.63) is 72.2 Å². The van der Waals surface area contributed by atoms with Crippen LogP contribution in [0, 0.1) is 6.92 Å². The van der Waals surface area contributed by atoms with Crippen molar-refractivity contribution in [2.45, 2.75) is 32.2 Å². The highest BCUT2D eigenvalue weighted by Gasteiger charge is 2.26. The lowest BCUT2D eigenvalue weighted by molar-refractivity contribution is 0.473. The second-order valence-electron chi connectivity index (χ2n) is 6.70. The van der Waals surface area contributed by atoms with Crippen LogP contribution in [0.2, 0.25) is 0 Å². The average molecular weight is 333 g/mol. The number of nitrogens with zero attached hydrogens (tertiary/aromatic N) is 5. The molecule has 0 spiro atoms. The molecular formula is C20H23N5. The molecule has 1 aliphatic rings. The molecule has 0 aliphatic carbocycles. The predicted octanol–water partition coefficient (Wildman–Crippen LogP) is 3.41. The summed E-state index contributed by atoms with van der Waals surface area (Å²) in [6.45, 7) is 5.03. The minimum absolute atomic E-state index is 0.437. The first-order valence-corrected chi connectivity index (χ1v) is 8.88. The van der Waals surface area contributed by atoms with Crippen LogP contribution in [-0.2, 0) is 6.54 Å². The van der Waals surface area contributed by atoms with Crippen LogP contribution in [0.4, 0.5) is 5.82 Å². The summed E-state index contributed by atoms with van der Waals surface area (Å²) in [6, 6.07) is 8.26. The molecule has 128 valence electrons. The van der Waals surface area contributed by atoms with Crippen LogP contribution >= 0.6 is 0 Å². The Morgan fingerprint density at radius 1 is 1.08 bits per heavy atom. The van der Waals surface area contributed by atoms with E-state index in [1.54, 1.807) is 0 Å². The number of hydrogen-bond donors (Lipinski definition) is 0. The lowest BCUT2D eigenvalue weighted by Crippen LogP contribution is -2.36. The lowest BCUT2D eigenvalue weighted by Gasteiger charge is -2.34. The fraction of sp³-hybridized carbons (Fsp3) is 0.350. The number of anilines is 1. The summed E-state index contributed by atoms with van der Waals surface area (Å²) in [5.74, 6) is 2.72. The monoisotopic (exact) mass is 333 g/mol. The smallest absolute Gasteiger partial charge is 0.131 e. The van der Waals surface area contributed by atoms with Gasteiger partial charge in [0.1, 0.15) is 11.6 Å². The molecule has 1 fully saturated rings. The van der Waals surface area contributed by atoms with Gasteiger partial charge in [0.15, 0.2) is 0 Å². The van der Waals surface area contributed by atoms with Gasteiger partial charge in [0.2, 0.25) is 0 Å². The Morgan fingerprint density at radius 3 is 2.80 bits per heavy atom. The van der Waals surface area contributed by atoms with Crippen LogP contribution in [0.5, 0.6) is 0 Å². The summed E-state index contributed by atoms with van der Waals surface area (Å²) in [6.07, 6.45) is 11.9. The van der Waals surface area contributed by atoms with E-state index >= 15 is 0 Å². The molecule has 0 amide bonds. The topological polar surface area (TPSA) is 46.8 Å². The van der Waals surface area contributed by atoms with Crippen molar-refractivity contribution in [2.24, 2.45) is 0 Å². The number of aryl methyl sites for hydroxylation is 1. The molecule has 4 heterocycles. The van der Waals surface area contributed by atoms with E-state index in [-0.39, 0.29) is 0 Å². The van der Waals surface area contributed by atoms with Crippen LogP contribution in [0.15, 0.2) is 55.2 Å². The van der Waals surface area contributed by atoms with Crippen molar-refractivity contribution < 1.29 is 0 Å². The Labute approximate surface area is 148 Å². The molecule has 4 rings (SSSR count). The Hall–Kier alpha value is -2.69. The summed E-state index contributed by atoms with van der Waals surface area (Å²) in [5, 5.41) is 0. The standard InChI is InChI=1S/C20H23N5/c1-16-4-2-8-22-19(16)24-12-3-5-18(15-24)20-23-11-13-25(20)14-17-6-9-21-10-7-17/h2,4,6-11,13,18H,3,5,12,14-15H2,1H3/t18-/m1/s1. The fourth-order valence-electron chi connectivity index (χ4n) is 3.69. The summed E-state index contributed by atoms with van der Waals surface area (Å²) < 4.78 is 2.27. The Bertz CT molecular complexity index is 827.